The molecule has 6 nitrogen and oxygen atoms in total. The van der Waals surface area contributed by atoms with Crippen LogP contribution in [0.3, 0.4) is 0 Å². The lowest BCUT2D eigenvalue weighted by Crippen LogP contribution is -2.45. The largest absolute Gasteiger partial charge is 0.351 e. The van der Waals surface area contributed by atoms with E-state index in [0.29, 0.717) is 12.5 Å². The summed E-state index contributed by atoms with van der Waals surface area (Å²) in [6.45, 7) is 0. The molecule has 138 valence electrons. The average Bonchev–Trinajstić information content (AvgIpc) is 3.43. The Balaban J connectivity index is 1.51. The first-order valence-electron chi connectivity index (χ1n) is 9.56. The van der Waals surface area contributed by atoms with Crippen LogP contribution in [-0.2, 0) is 19.9 Å². The van der Waals surface area contributed by atoms with E-state index in [4.69, 9.17) is 0 Å². The molecule has 0 radical (unpaired) electrons. The fraction of sp³-hybridized carbons (Fsp3) is 0.381. The third kappa shape index (κ3) is 2.76. The smallest absolute Gasteiger partial charge is 0.264 e. The van der Waals surface area contributed by atoms with Gasteiger partial charge in [-0.05, 0) is 55.9 Å². The lowest BCUT2D eigenvalue weighted by Gasteiger charge is -2.35. The molecule has 5 rings (SSSR count). The van der Waals surface area contributed by atoms with Crippen LogP contribution < -0.4 is 5.56 Å². The van der Waals surface area contributed by atoms with Crippen molar-refractivity contribution in [3.63, 3.8) is 0 Å². The minimum atomic E-state index is -0.173. The van der Waals surface area contributed by atoms with Crippen LogP contribution >= 0.6 is 0 Å². The summed E-state index contributed by atoms with van der Waals surface area (Å²) in [5.41, 5.74) is 3.61. The van der Waals surface area contributed by atoms with Crippen molar-refractivity contribution < 1.29 is 4.79 Å². The van der Waals surface area contributed by atoms with Crippen LogP contribution in [0.2, 0.25) is 0 Å². The van der Waals surface area contributed by atoms with E-state index in [9.17, 15) is 9.59 Å². The van der Waals surface area contributed by atoms with Gasteiger partial charge in [0.15, 0.2) is 0 Å². The number of nitrogens with zero attached hydrogens (tertiary/aromatic N) is 3. The molecule has 3 aromatic rings. The number of aromatic nitrogens is 3. The molecule has 1 atom stereocenters. The molecular formula is C21H22N4O2. The summed E-state index contributed by atoms with van der Waals surface area (Å²) in [5, 5.41) is 7.70. The number of hydrogen-bond acceptors (Lipinski definition) is 3. The van der Waals surface area contributed by atoms with Crippen LogP contribution in [0.15, 0.2) is 41.3 Å². The zero-order chi connectivity index (χ0) is 18.5. The number of carbonyl (C=O) groups is 1. The van der Waals surface area contributed by atoms with Crippen molar-refractivity contribution in [1.82, 2.24) is 19.7 Å². The molecule has 2 aliphatic rings. The van der Waals surface area contributed by atoms with Crippen LogP contribution in [0.4, 0.5) is 0 Å². The summed E-state index contributed by atoms with van der Waals surface area (Å²) in [6, 6.07) is 10.0. The minimum absolute atomic E-state index is 0.112. The number of H-pyrrole nitrogens is 1. The number of fused-ring (bicyclic) bond motifs is 2. The van der Waals surface area contributed by atoms with E-state index < -0.39 is 0 Å². The van der Waals surface area contributed by atoms with Crippen LogP contribution in [0.25, 0.3) is 10.9 Å². The van der Waals surface area contributed by atoms with E-state index >= 15 is 0 Å². The van der Waals surface area contributed by atoms with Crippen molar-refractivity contribution in [3.05, 3.63) is 63.7 Å². The molecule has 1 saturated carbocycles. The van der Waals surface area contributed by atoms with Gasteiger partial charge in [-0.3, -0.25) is 9.59 Å². The highest BCUT2D eigenvalue weighted by Gasteiger charge is 2.39. The van der Waals surface area contributed by atoms with Crippen molar-refractivity contribution >= 4 is 16.8 Å². The second kappa shape index (κ2) is 6.08. The zero-order valence-electron chi connectivity index (χ0n) is 15.3. The van der Waals surface area contributed by atoms with E-state index in [-0.39, 0.29) is 17.5 Å². The molecule has 1 aromatic carbocycles. The monoisotopic (exact) mass is 362 g/mol. The van der Waals surface area contributed by atoms with E-state index in [1.807, 2.05) is 42.1 Å². The Morgan fingerprint density at radius 2 is 2.07 bits per heavy atom. The van der Waals surface area contributed by atoms with Gasteiger partial charge in [0, 0.05) is 47.9 Å². The topological polar surface area (TPSA) is 71.0 Å². The Morgan fingerprint density at radius 3 is 2.89 bits per heavy atom. The lowest BCUT2D eigenvalue weighted by atomic mass is 9.90. The molecule has 1 amide bonds. The van der Waals surface area contributed by atoms with Crippen LogP contribution in [0, 0.1) is 0 Å². The first-order valence-corrected chi connectivity index (χ1v) is 9.56. The fourth-order valence-corrected chi connectivity index (χ4v) is 4.37. The standard InChI is InChI=1S/C21H22N4O2/c1-24-10-9-16-17(3-2-4-19(16)24)21(27)25(14-5-6-14)15-7-8-18-13(11-15)12-20(26)23-22-18/h2-4,9-10,12,14-15H,5-8,11H2,1H3,(H,23,26). The number of aromatic amines is 1. The van der Waals surface area contributed by atoms with E-state index in [0.717, 1.165) is 53.4 Å². The molecule has 1 N–H and O–H groups in total. The van der Waals surface area contributed by atoms with Gasteiger partial charge in [0.2, 0.25) is 0 Å². The predicted molar refractivity (Wildman–Crippen MR) is 103 cm³/mol. The molecule has 1 unspecified atom stereocenters. The van der Waals surface area contributed by atoms with Gasteiger partial charge in [-0.1, -0.05) is 6.07 Å². The summed E-state index contributed by atoms with van der Waals surface area (Å²) >= 11 is 0. The van der Waals surface area contributed by atoms with Gasteiger partial charge in [-0.25, -0.2) is 5.10 Å². The summed E-state index contributed by atoms with van der Waals surface area (Å²) in [7, 11) is 2.00. The van der Waals surface area contributed by atoms with E-state index in [1.54, 1.807) is 6.07 Å². The third-order valence-electron chi connectivity index (χ3n) is 5.87. The van der Waals surface area contributed by atoms with Crippen LogP contribution in [0.5, 0.6) is 0 Å². The first-order chi connectivity index (χ1) is 13.1. The van der Waals surface area contributed by atoms with Gasteiger partial charge in [-0.15, -0.1) is 0 Å². The highest BCUT2D eigenvalue weighted by Crippen LogP contribution is 2.35. The quantitative estimate of drug-likeness (QED) is 0.778. The molecule has 2 aliphatic carbocycles. The maximum absolute atomic E-state index is 13.6. The van der Waals surface area contributed by atoms with Crippen LogP contribution in [0.1, 0.15) is 40.9 Å². The van der Waals surface area contributed by atoms with E-state index in [2.05, 4.69) is 15.1 Å². The Labute approximate surface area is 156 Å². The number of carbonyl (C=O) groups excluding carboxylic acids is 1. The molecule has 0 aliphatic heterocycles. The Bertz CT molecular complexity index is 1090. The second-order valence-electron chi connectivity index (χ2n) is 7.71. The highest BCUT2D eigenvalue weighted by molar-refractivity contribution is 6.06. The maximum Gasteiger partial charge on any atom is 0.264 e. The average molecular weight is 362 g/mol. The molecule has 0 saturated heterocycles. The Hall–Kier alpha value is -2.89. The highest BCUT2D eigenvalue weighted by atomic mass is 16.2. The Kier molecular flexibility index (Phi) is 3.67. The number of rotatable bonds is 3. The number of benzene rings is 1. The van der Waals surface area contributed by atoms with Crippen molar-refractivity contribution in [2.75, 3.05) is 0 Å². The number of amides is 1. The van der Waals surface area contributed by atoms with Gasteiger partial charge in [0.1, 0.15) is 0 Å². The van der Waals surface area contributed by atoms with Crippen molar-refractivity contribution in [1.29, 1.82) is 0 Å². The molecule has 6 heteroatoms. The van der Waals surface area contributed by atoms with Gasteiger partial charge >= 0.3 is 0 Å². The molecule has 0 spiro atoms. The summed E-state index contributed by atoms with van der Waals surface area (Å²) in [5.74, 6) is 0.112. The lowest BCUT2D eigenvalue weighted by molar-refractivity contribution is 0.0644. The molecule has 2 aromatic heterocycles. The van der Waals surface area contributed by atoms with Crippen molar-refractivity contribution in [3.8, 4) is 0 Å². The molecule has 27 heavy (non-hydrogen) atoms. The normalized spacial score (nSPS) is 19.1. The second-order valence-corrected chi connectivity index (χ2v) is 7.71. The molecule has 0 bridgehead atoms. The van der Waals surface area contributed by atoms with E-state index in [1.165, 1.54) is 0 Å². The summed E-state index contributed by atoms with van der Waals surface area (Å²) < 4.78 is 2.04. The summed E-state index contributed by atoms with van der Waals surface area (Å²) in [4.78, 5) is 27.3. The van der Waals surface area contributed by atoms with Crippen molar-refractivity contribution in [2.24, 2.45) is 7.05 Å². The number of hydrogen-bond donors (Lipinski definition) is 1. The number of nitrogens with one attached hydrogen (secondary N) is 1. The SMILES string of the molecule is Cn1ccc2c(C(=O)N(C3CC3)C3CCc4n[nH]c(=O)cc4C3)cccc21. The van der Waals surface area contributed by atoms with Crippen LogP contribution in [-0.4, -0.2) is 37.7 Å². The molecular weight excluding hydrogens is 340 g/mol. The van der Waals surface area contributed by atoms with Gasteiger partial charge in [0.05, 0.1) is 5.69 Å². The Morgan fingerprint density at radius 1 is 1.22 bits per heavy atom. The molecule has 1 fully saturated rings. The minimum Gasteiger partial charge on any atom is -0.351 e. The number of aryl methyl sites for hydroxylation is 2. The van der Waals surface area contributed by atoms with Gasteiger partial charge < -0.3 is 9.47 Å². The molecule has 2 heterocycles. The maximum atomic E-state index is 13.6. The summed E-state index contributed by atoms with van der Waals surface area (Å²) in [6.07, 6.45) is 6.51. The van der Waals surface area contributed by atoms with Gasteiger partial charge in [-0.2, -0.15) is 5.10 Å². The van der Waals surface area contributed by atoms with Crippen molar-refractivity contribution in [2.45, 2.75) is 44.2 Å². The fourth-order valence-electron chi connectivity index (χ4n) is 4.37. The zero-order valence-corrected chi connectivity index (χ0v) is 15.3. The first kappa shape index (κ1) is 16.3. The predicted octanol–water partition coefficient (Wildman–Crippen LogP) is 2.42. The third-order valence-corrected chi connectivity index (χ3v) is 5.87. The van der Waals surface area contributed by atoms with Gasteiger partial charge in [0.25, 0.3) is 11.5 Å².